The maximum absolute atomic E-state index is 10.8. The number of carbonyl (C=O) groups excluding carboxylic acids is 1. The number of amides is 1. The molecule has 0 aromatic heterocycles. The molecule has 1 atom stereocenters. The molecule has 1 spiro atoms. The zero-order chi connectivity index (χ0) is 9.31. The molecule has 1 unspecified atom stereocenters. The summed E-state index contributed by atoms with van der Waals surface area (Å²) in [6.07, 6.45) is 5.35. The Hall–Kier alpha value is -0.610. The van der Waals surface area contributed by atoms with Gasteiger partial charge in [-0.05, 0) is 19.3 Å². The van der Waals surface area contributed by atoms with Crippen molar-refractivity contribution in [2.24, 2.45) is 5.73 Å². The molecule has 73 valence electrons. The number of hydrogen-bond donors (Lipinski definition) is 1. The van der Waals surface area contributed by atoms with E-state index in [0.717, 1.165) is 25.7 Å². The molecule has 2 rings (SSSR count). The summed E-state index contributed by atoms with van der Waals surface area (Å²) in [6.45, 7) is 0.315. The molecule has 0 aromatic carbocycles. The van der Waals surface area contributed by atoms with E-state index in [1.165, 1.54) is 0 Å². The van der Waals surface area contributed by atoms with Gasteiger partial charge in [0.25, 0.3) is 0 Å². The van der Waals surface area contributed by atoms with Gasteiger partial charge in [-0.2, -0.15) is 0 Å². The van der Waals surface area contributed by atoms with Gasteiger partial charge in [-0.15, -0.1) is 0 Å². The standard InChI is InChI=1S/C9H14NO3/c10-8(11)7-6-12-9(13-7)4-2-1-3-5-9/h1,7H,2-6H2,(H2,10,11). The lowest BCUT2D eigenvalue weighted by Gasteiger charge is -2.31. The fourth-order valence-corrected chi connectivity index (χ4v) is 1.87. The first-order valence-corrected chi connectivity index (χ1v) is 4.65. The van der Waals surface area contributed by atoms with Crippen LogP contribution in [0.4, 0.5) is 0 Å². The van der Waals surface area contributed by atoms with Crippen molar-refractivity contribution < 1.29 is 14.3 Å². The van der Waals surface area contributed by atoms with Crippen molar-refractivity contribution in [3.05, 3.63) is 6.42 Å². The summed E-state index contributed by atoms with van der Waals surface area (Å²) in [5, 5.41) is 0. The molecule has 2 fully saturated rings. The highest BCUT2D eigenvalue weighted by Crippen LogP contribution is 2.37. The molecule has 1 radical (unpaired) electrons. The highest BCUT2D eigenvalue weighted by atomic mass is 16.7. The first-order valence-electron chi connectivity index (χ1n) is 4.65. The van der Waals surface area contributed by atoms with Crippen LogP contribution in [0.1, 0.15) is 25.7 Å². The Morgan fingerprint density at radius 1 is 1.46 bits per heavy atom. The summed E-state index contributed by atoms with van der Waals surface area (Å²) in [4.78, 5) is 10.8. The summed E-state index contributed by atoms with van der Waals surface area (Å²) in [5.74, 6) is -0.930. The van der Waals surface area contributed by atoms with Crippen molar-refractivity contribution in [1.82, 2.24) is 0 Å². The molecule has 1 aliphatic heterocycles. The van der Waals surface area contributed by atoms with Gasteiger partial charge in [0.2, 0.25) is 5.91 Å². The normalized spacial score (nSPS) is 32.2. The van der Waals surface area contributed by atoms with Gasteiger partial charge in [-0.25, -0.2) is 0 Å². The maximum atomic E-state index is 10.8. The van der Waals surface area contributed by atoms with Gasteiger partial charge < -0.3 is 15.2 Å². The van der Waals surface area contributed by atoms with Crippen LogP contribution in [-0.2, 0) is 14.3 Å². The fourth-order valence-electron chi connectivity index (χ4n) is 1.87. The quantitative estimate of drug-likeness (QED) is 0.640. The van der Waals surface area contributed by atoms with Crippen molar-refractivity contribution in [3.63, 3.8) is 0 Å². The molecular weight excluding hydrogens is 170 g/mol. The van der Waals surface area contributed by atoms with Crippen LogP contribution in [0, 0.1) is 6.42 Å². The summed E-state index contributed by atoms with van der Waals surface area (Å²) in [5.41, 5.74) is 5.14. The smallest absolute Gasteiger partial charge is 0.249 e. The summed E-state index contributed by atoms with van der Waals surface area (Å²) >= 11 is 0. The predicted octanol–water partition coefficient (Wildman–Crippen LogP) is 0.362. The second-order valence-electron chi connectivity index (χ2n) is 3.60. The first kappa shape index (κ1) is 8.97. The zero-order valence-electron chi connectivity index (χ0n) is 7.49. The summed E-state index contributed by atoms with van der Waals surface area (Å²) in [6, 6.07) is 0. The van der Waals surface area contributed by atoms with Crippen LogP contribution in [-0.4, -0.2) is 24.4 Å². The van der Waals surface area contributed by atoms with Gasteiger partial charge in [-0.3, -0.25) is 4.79 Å². The van der Waals surface area contributed by atoms with E-state index in [2.05, 4.69) is 6.42 Å². The van der Waals surface area contributed by atoms with Crippen LogP contribution in [0.5, 0.6) is 0 Å². The molecule has 2 N–H and O–H groups in total. The SMILES string of the molecule is NC(=O)C1COC2(CC[CH]CC2)O1. The van der Waals surface area contributed by atoms with Crippen LogP contribution in [0.25, 0.3) is 0 Å². The van der Waals surface area contributed by atoms with Gasteiger partial charge >= 0.3 is 0 Å². The molecule has 2 aliphatic rings. The Balaban J connectivity index is 1.98. The maximum Gasteiger partial charge on any atom is 0.249 e. The number of nitrogens with two attached hydrogens (primary N) is 1. The highest BCUT2D eigenvalue weighted by molar-refractivity contribution is 5.79. The van der Waals surface area contributed by atoms with E-state index in [4.69, 9.17) is 15.2 Å². The largest absolute Gasteiger partial charge is 0.367 e. The van der Waals surface area contributed by atoms with Crippen molar-refractivity contribution in [3.8, 4) is 0 Å². The average Bonchev–Trinajstić information content (AvgIpc) is 2.51. The third kappa shape index (κ3) is 1.69. The monoisotopic (exact) mass is 184 g/mol. The van der Waals surface area contributed by atoms with Crippen LogP contribution in [0.2, 0.25) is 0 Å². The number of hydrogen-bond acceptors (Lipinski definition) is 3. The minimum Gasteiger partial charge on any atom is -0.367 e. The van der Waals surface area contributed by atoms with E-state index in [-0.39, 0.29) is 0 Å². The van der Waals surface area contributed by atoms with Crippen LogP contribution in [0.3, 0.4) is 0 Å². The van der Waals surface area contributed by atoms with Gasteiger partial charge in [0.05, 0.1) is 6.61 Å². The van der Waals surface area contributed by atoms with E-state index in [9.17, 15) is 4.79 Å². The summed E-state index contributed by atoms with van der Waals surface area (Å²) < 4.78 is 11.0. The number of carbonyl (C=O) groups is 1. The van der Waals surface area contributed by atoms with E-state index < -0.39 is 17.8 Å². The Morgan fingerprint density at radius 2 is 2.15 bits per heavy atom. The van der Waals surface area contributed by atoms with Crippen LogP contribution < -0.4 is 5.73 Å². The van der Waals surface area contributed by atoms with E-state index in [0.29, 0.717) is 6.61 Å². The molecule has 4 nitrogen and oxygen atoms in total. The Labute approximate surface area is 77.4 Å². The molecular formula is C9H14NO3. The molecule has 0 bridgehead atoms. The predicted molar refractivity (Wildman–Crippen MR) is 45.5 cm³/mol. The van der Waals surface area contributed by atoms with Crippen LogP contribution >= 0.6 is 0 Å². The van der Waals surface area contributed by atoms with Crippen molar-refractivity contribution in [2.75, 3.05) is 6.61 Å². The minimum atomic E-state index is -0.543. The minimum absolute atomic E-state index is 0.315. The molecule has 1 saturated carbocycles. The van der Waals surface area contributed by atoms with Crippen molar-refractivity contribution >= 4 is 5.91 Å². The zero-order valence-corrected chi connectivity index (χ0v) is 7.49. The molecule has 1 aliphatic carbocycles. The lowest BCUT2D eigenvalue weighted by Crippen LogP contribution is -2.36. The Morgan fingerprint density at radius 3 is 2.69 bits per heavy atom. The second-order valence-corrected chi connectivity index (χ2v) is 3.60. The number of ether oxygens (including phenoxy) is 2. The van der Waals surface area contributed by atoms with Gasteiger partial charge in [0.1, 0.15) is 0 Å². The lowest BCUT2D eigenvalue weighted by molar-refractivity contribution is -0.184. The van der Waals surface area contributed by atoms with Crippen LogP contribution in [0.15, 0.2) is 0 Å². The van der Waals surface area contributed by atoms with E-state index in [1.807, 2.05) is 0 Å². The lowest BCUT2D eigenvalue weighted by atomic mass is 9.94. The van der Waals surface area contributed by atoms with Crippen molar-refractivity contribution in [1.29, 1.82) is 0 Å². The third-order valence-electron chi connectivity index (χ3n) is 2.63. The van der Waals surface area contributed by atoms with E-state index in [1.54, 1.807) is 0 Å². The molecule has 0 aromatic rings. The number of primary amides is 1. The second kappa shape index (κ2) is 3.27. The summed E-state index contributed by atoms with van der Waals surface area (Å²) in [7, 11) is 0. The highest BCUT2D eigenvalue weighted by Gasteiger charge is 2.44. The van der Waals surface area contributed by atoms with Gasteiger partial charge in [0.15, 0.2) is 11.9 Å². The topological polar surface area (TPSA) is 61.6 Å². The average molecular weight is 184 g/mol. The molecule has 1 saturated heterocycles. The van der Waals surface area contributed by atoms with Crippen molar-refractivity contribution in [2.45, 2.75) is 37.6 Å². The molecule has 13 heavy (non-hydrogen) atoms. The Kier molecular flexibility index (Phi) is 2.26. The first-order chi connectivity index (χ1) is 6.22. The molecule has 4 heteroatoms. The van der Waals surface area contributed by atoms with E-state index >= 15 is 0 Å². The fraction of sp³-hybridized carbons (Fsp3) is 0.778. The third-order valence-corrected chi connectivity index (χ3v) is 2.63. The molecule has 1 amide bonds. The van der Waals surface area contributed by atoms with Gasteiger partial charge in [0, 0.05) is 12.8 Å². The Bertz CT molecular complexity index is 211. The molecule has 1 heterocycles. The number of rotatable bonds is 1. The van der Waals surface area contributed by atoms with Gasteiger partial charge in [-0.1, -0.05) is 0 Å².